The number of fused-ring (bicyclic) bond motifs is 2. The van der Waals surface area contributed by atoms with Crippen LogP contribution in [0.2, 0.25) is 0 Å². The van der Waals surface area contributed by atoms with Crippen molar-refractivity contribution in [2.75, 3.05) is 28.1 Å². The number of ether oxygens (including phenoxy) is 6. The summed E-state index contributed by atoms with van der Waals surface area (Å²) in [5.41, 5.74) is 2.15. The smallest absolute Gasteiger partial charge is 0.231 e. The van der Waals surface area contributed by atoms with E-state index in [0.29, 0.717) is 23.3 Å². The van der Waals surface area contributed by atoms with Gasteiger partial charge < -0.3 is 28.4 Å². The third-order valence-corrected chi connectivity index (χ3v) is 7.15. The molecule has 2 heterocycles. The van der Waals surface area contributed by atoms with E-state index in [-0.39, 0.29) is 24.9 Å². The normalized spacial score (nSPS) is 24.1. The maximum atomic E-state index is 6.55. The van der Waals surface area contributed by atoms with Crippen molar-refractivity contribution in [3.63, 3.8) is 0 Å². The predicted molar refractivity (Wildman–Crippen MR) is 124 cm³/mol. The highest BCUT2D eigenvalue weighted by Gasteiger charge is 2.40. The Bertz CT molecular complexity index is 978. The van der Waals surface area contributed by atoms with E-state index >= 15 is 0 Å². The van der Waals surface area contributed by atoms with Crippen LogP contribution in [0.15, 0.2) is 24.3 Å². The van der Waals surface area contributed by atoms with Crippen molar-refractivity contribution in [1.82, 2.24) is 5.32 Å². The Morgan fingerprint density at radius 2 is 1.48 bits per heavy atom. The largest absolute Gasteiger partial charge is 0.493 e. The predicted octanol–water partition coefficient (Wildman–Crippen LogP) is 4.85. The lowest BCUT2D eigenvalue weighted by atomic mass is 9.78. The zero-order valence-corrected chi connectivity index (χ0v) is 19.8. The first-order valence-electron chi connectivity index (χ1n) is 11.8. The van der Waals surface area contributed by atoms with Gasteiger partial charge in [0.25, 0.3) is 0 Å². The fourth-order valence-corrected chi connectivity index (χ4v) is 5.44. The molecule has 0 spiro atoms. The van der Waals surface area contributed by atoms with E-state index in [1.165, 1.54) is 32.1 Å². The van der Waals surface area contributed by atoms with E-state index in [1.54, 1.807) is 21.3 Å². The van der Waals surface area contributed by atoms with Crippen LogP contribution in [0.5, 0.6) is 34.5 Å². The molecule has 33 heavy (non-hydrogen) atoms. The lowest BCUT2D eigenvalue weighted by Crippen LogP contribution is -2.50. The SMILES string of the molecule is COc1cc([C@@H]2c3cc4c(cc3O[C@H](NC3CCCCC3)[C@@H]2C)OCO4)cc(OC)c1OC. The average molecular weight is 456 g/mol. The second-order valence-electron chi connectivity index (χ2n) is 9.08. The van der Waals surface area contributed by atoms with Crippen LogP contribution < -0.4 is 33.7 Å². The monoisotopic (exact) mass is 455 g/mol. The van der Waals surface area contributed by atoms with Gasteiger partial charge in [-0.3, -0.25) is 5.32 Å². The van der Waals surface area contributed by atoms with Gasteiger partial charge in [-0.15, -0.1) is 0 Å². The zero-order valence-electron chi connectivity index (χ0n) is 19.8. The maximum Gasteiger partial charge on any atom is 0.231 e. The summed E-state index contributed by atoms with van der Waals surface area (Å²) in [6.45, 7) is 2.47. The minimum Gasteiger partial charge on any atom is -0.493 e. The molecular weight excluding hydrogens is 422 g/mol. The second kappa shape index (κ2) is 9.21. The molecule has 7 nitrogen and oxygen atoms in total. The molecule has 1 fully saturated rings. The molecule has 0 radical (unpaired) electrons. The summed E-state index contributed by atoms with van der Waals surface area (Å²) in [7, 11) is 4.92. The molecule has 1 saturated carbocycles. The van der Waals surface area contributed by atoms with Gasteiger partial charge in [0.1, 0.15) is 5.75 Å². The molecule has 178 valence electrons. The molecule has 2 aromatic rings. The van der Waals surface area contributed by atoms with Crippen LogP contribution in [-0.2, 0) is 0 Å². The van der Waals surface area contributed by atoms with E-state index in [9.17, 15) is 0 Å². The molecule has 0 aromatic heterocycles. The Morgan fingerprint density at radius 1 is 0.818 bits per heavy atom. The van der Waals surface area contributed by atoms with Crippen molar-refractivity contribution in [2.24, 2.45) is 5.92 Å². The fourth-order valence-electron chi connectivity index (χ4n) is 5.44. The third kappa shape index (κ3) is 4.03. The van der Waals surface area contributed by atoms with Crippen molar-refractivity contribution >= 4 is 0 Å². The van der Waals surface area contributed by atoms with E-state index in [2.05, 4.69) is 18.3 Å². The van der Waals surface area contributed by atoms with Crippen LogP contribution >= 0.6 is 0 Å². The molecule has 3 atom stereocenters. The average Bonchev–Trinajstić information content (AvgIpc) is 3.30. The lowest BCUT2D eigenvalue weighted by molar-refractivity contribution is 0.0621. The number of rotatable bonds is 6. The third-order valence-electron chi connectivity index (χ3n) is 7.15. The Balaban J connectivity index is 1.58. The number of hydrogen-bond donors (Lipinski definition) is 1. The quantitative estimate of drug-likeness (QED) is 0.668. The number of benzene rings is 2. The van der Waals surface area contributed by atoms with E-state index in [4.69, 9.17) is 28.4 Å². The van der Waals surface area contributed by atoms with Crippen molar-refractivity contribution < 1.29 is 28.4 Å². The Hall–Kier alpha value is -2.80. The number of nitrogens with one attached hydrogen (secondary N) is 1. The summed E-state index contributed by atoms with van der Waals surface area (Å²) in [6.07, 6.45) is 6.11. The van der Waals surface area contributed by atoms with E-state index in [0.717, 1.165) is 28.4 Å². The van der Waals surface area contributed by atoms with Crippen LogP contribution in [0.1, 0.15) is 56.1 Å². The second-order valence-corrected chi connectivity index (χ2v) is 9.08. The van der Waals surface area contributed by atoms with Crippen LogP contribution in [-0.4, -0.2) is 40.4 Å². The fraction of sp³-hybridized carbons (Fsp3) is 0.538. The minimum absolute atomic E-state index is 0.0399. The van der Waals surface area contributed by atoms with Crippen LogP contribution in [0, 0.1) is 5.92 Å². The van der Waals surface area contributed by atoms with Crippen molar-refractivity contribution in [3.05, 3.63) is 35.4 Å². The van der Waals surface area contributed by atoms with Crippen LogP contribution in [0.4, 0.5) is 0 Å². The first kappa shape index (κ1) is 22.0. The Kier molecular flexibility index (Phi) is 6.15. The first-order valence-corrected chi connectivity index (χ1v) is 11.8. The summed E-state index contributed by atoms with van der Waals surface area (Å²) in [4.78, 5) is 0. The van der Waals surface area contributed by atoms with Gasteiger partial charge in [0.2, 0.25) is 12.5 Å². The molecule has 5 rings (SSSR count). The standard InChI is InChI=1S/C26H33NO6/c1-15-24(16-10-22(28-2)25(30-4)23(11-16)29-3)18-12-20-21(32-14-31-20)13-19(18)33-26(15)27-17-8-6-5-7-9-17/h10-13,15,17,24,26-27H,5-9,14H2,1-4H3/t15-,24-,26+/m1/s1. The summed E-state index contributed by atoms with van der Waals surface area (Å²) < 4.78 is 34.8. The highest BCUT2D eigenvalue weighted by atomic mass is 16.7. The van der Waals surface area contributed by atoms with Gasteiger partial charge in [0.05, 0.1) is 21.3 Å². The number of methoxy groups -OCH3 is 3. The summed E-state index contributed by atoms with van der Waals surface area (Å²) in [6, 6.07) is 8.57. The lowest BCUT2D eigenvalue weighted by Gasteiger charge is -2.41. The highest BCUT2D eigenvalue weighted by Crippen LogP contribution is 2.51. The highest BCUT2D eigenvalue weighted by molar-refractivity contribution is 5.60. The summed E-state index contributed by atoms with van der Waals surface area (Å²) in [5, 5.41) is 3.81. The molecule has 1 N–H and O–H groups in total. The Labute approximate surface area is 195 Å². The molecular formula is C26H33NO6. The Morgan fingerprint density at radius 3 is 2.12 bits per heavy atom. The van der Waals surface area contributed by atoms with Gasteiger partial charge in [-0.1, -0.05) is 26.2 Å². The van der Waals surface area contributed by atoms with Crippen LogP contribution in [0.25, 0.3) is 0 Å². The molecule has 2 aliphatic heterocycles. The molecule has 1 aliphatic carbocycles. The molecule has 3 aliphatic rings. The van der Waals surface area contributed by atoms with E-state index < -0.39 is 0 Å². The van der Waals surface area contributed by atoms with Gasteiger partial charge in [-0.25, -0.2) is 0 Å². The molecule has 2 aromatic carbocycles. The van der Waals surface area contributed by atoms with Gasteiger partial charge in [-0.2, -0.15) is 0 Å². The van der Waals surface area contributed by atoms with E-state index in [1.807, 2.05) is 18.2 Å². The summed E-state index contributed by atoms with van der Waals surface area (Å²) in [5.74, 6) is 4.37. The summed E-state index contributed by atoms with van der Waals surface area (Å²) >= 11 is 0. The maximum absolute atomic E-state index is 6.55. The zero-order chi connectivity index (χ0) is 22.9. The van der Waals surface area contributed by atoms with Gasteiger partial charge in [-0.05, 0) is 36.6 Å². The van der Waals surface area contributed by atoms with Gasteiger partial charge in [0.15, 0.2) is 29.2 Å². The van der Waals surface area contributed by atoms with Gasteiger partial charge >= 0.3 is 0 Å². The molecule has 0 amide bonds. The topological polar surface area (TPSA) is 67.4 Å². The molecule has 0 bridgehead atoms. The van der Waals surface area contributed by atoms with Gasteiger partial charge in [0, 0.05) is 29.5 Å². The minimum atomic E-state index is -0.120. The molecule has 0 unspecified atom stereocenters. The van der Waals surface area contributed by atoms with Crippen LogP contribution in [0.3, 0.4) is 0 Å². The first-order chi connectivity index (χ1) is 16.1. The molecule has 0 saturated heterocycles. The van der Waals surface area contributed by atoms with Crippen molar-refractivity contribution in [2.45, 2.75) is 57.2 Å². The number of hydrogen-bond acceptors (Lipinski definition) is 7. The van der Waals surface area contributed by atoms with Crippen molar-refractivity contribution in [3.8, 4) is 34.5 Å². The molecule has 7 heteroatoms. The van der Waals surface area contributed by atoms with Crippen molar-refractivity contribution in [1.29, 1.82) is 0 Å².